The Kier molecular flexibility index (Phi) is 3.24. The highest BCUT2D eigenvalue weighted by Crippen LogP contribution is 2.10. The van der Waals surface area contributed by atoms with Crippen molar-refractivity contribution in [2.24, 2.45) is 5.92 Å². The van der Waals surface area contributed by atoms with Crippen LogP contribution in [0.4, 0.5) is 0 Å². The highest BCUT2D eigenvalue weighted by molar-refractivity contribution is 5.78. The topological polar surface area (TPSA) is 17.1 Å². The molecule has 1 nitrogen and oxygen atoms in total. The second-order valence-corrected chi connectivity index (χ2v) is 3.70. The predicted molar refractivity (Wildman–Crippen MR) is 54.7 cm³/mol. The number of aryl methyl sites for hydroxylation is 1. The van der Waals surface area contributed by atoms with Crippen LogP contribution in [-0.2, 0) is 11.2 Å². The van der Waals surface area contributed by atoms with Crippen LogP contribution >= 0.6 is 0 Å². The first-order valence-electron chi connectivity index (χ1n) is 4.65. The van der Waals surface area contributed by atoms with E-state index in [4.69, 9.17) is 0 Å². The lowest BCUT2D eigenvalue weighted by molar-refractivity contribution is -0.120. The predicted octanol–water partition coefficient (Wildman–Crippen LogP) is 2.76. The standard InChI is InChI=1S/C12H16O/c1-9-5-4-6-12(7-9)8-10(2)11(3)13/h4-7,10H,8H2,1-3H3/t10-/m0/s1. The molecule has 0 fully saturated rings. The SMILES string of the molecule is CC(=O)[C@@H](C)Cc1cccc(C)c1. The fourth-order valence-electron chi connectivity index (χ4n) is 1.34. The number of carbonyl (C=O) groups excluding carboxylic acids is 1. The van der Waals surface area contributed by atoms with Crippen LogP contribution in [0.5, 0.6) is 0 Å². The van der Waals surface area contributed by atoms with Crippen LogP contribution < -0.4 is 0 Å². The smallest absolute Gasteiger partial charge is 0.132 e. The van der Waals surface area contributed by atoms with Crippen LogP contribution in [0, 0.1) is 12.8 Å². The van der Waals surface area contributed by atoms with E-state index in [1.807, 2.05) is 13.0 Å². The third-order valence-electron chi connectivity index (χ3n) is 2.32. The van der Waals surface area contributed by atoms with E-state index in [1.165, 1.54) is 11.1 Å². The van der Waals surface area contributed by atoms with Crippen LogP contribution in [0.2, 0.25) is 0 Å². The summed E-state index contributed by atoms with van der Waals surface area (Å²) in [7, 11) is 0. The average molecular weight is 176 g/mol. The van der Waals surface area contributed by atoms with Gasteiger partial charge in [0, 0.05) is 5.92 Å². The van der Waals surface area contributed by atoms with Gasteiger partial charge in [-0.05, 0) is 25.8 Å². The molecule has 13 heavy (non-hydrogen) atoms. The Morgan fingerprint density at radius 2 is 2.15 bits per heavy atom. The van der Waals surface area contributed by atoms with E-state index < -0.39 is 0 Å². The molecule has 0 aromatic heterocycles. The van der Waals surface area contributed by atoms with Crippen LogP contribution in [0.25, 0.3) is 0 Å². The average Bonchev–Trinajstić information content (AvgIpc) is 2.04. The summed E-state index contributed by atoms with van der Waals surface area (Å²) in [6.07, 6.45) is 0.858. The zero-order valence-electron chi connectivity index (χ0n) is 8.50. The second-order valence-electron chi connectivity index (χ2n) is 3.70. The van der Waals surface area contributed by atoms with Crippen molar-refractivity contribution < 1.29 is 4.79 Å². The van der Waals surface area contributed by atoms with Gasteiger partial charge in [0.1, 0.15) is 5.78 Å². The third-order valence-corrected chi connectivity index (χ3v) is 2.32. The third kappa shape index (κ3) is 3.02. The Morgan fingerprint density at radius 3 is 2.69 bits per heavy atom. The summed E-state index contributed by atoms with van der Waals surface area (Å²) in [4.78, 5) is 11.0. The molecule has 0 amide bonds. The Balaban J connectivity index is 2.69. The van der Waals surface area contributed by atoms with Crippen molar-refractivity contribution in [3.05, 3.63) is 35.4 Å². The van der Waals surface area contributed by atoms with Gasteiger partial charge in [0.05, 0.1) is 0 Å². The largest absolute Gasteiger partial charge is 0.300 e. The van der Waals surface area contributed by atoms with E-state index in [2.05, 4.69) is 25.1 Å². The lowest BCUT2D eigenvalue weighted by Gasteiger charge is -2.07. The van der Waals surface area contributed by atoms with E-state index in [1.54, 1.807) is 6.92 Å². The van der Waals surface area contributed by atoms with Crippen molar-refractivity contribution in [2.75, 3.05) is 0 Å². The monoisotopic (exact) mass is 176 g/mol. The van der Waals surface area contributed by atoms with Gasteiger partial charge in [-0.3, -0.25) is 4.79 Å². The van der Waals surface area contributed by atoms with Crippen molar-refractivity contribution >= 4 is 5.78 Å². The van der Waals surface area contributed by atoms with Crippen molar-refractivity contribution in [3.63, 3.8) is 0 Å². The first-order chi connectivity index (χ1) is 6.09. The number of benzene rings is 1. The van der Waals surface area contributed by atoms with Crippen LogP contribution in [0.15, 0.2) is 24.3 Å². The molecular weight excluding hydrogens is 160 g/mol. The molecule has 70 valence electrons. The van der Waals surface area contributed by atoms with Crippen LogP contribution in [0.3, 0.4) is 0 Å². The summed E-state index contributed by atoms with van der Waals surface area (Å²) in [5.74, 6) is 0.406. The van der Waals surface area contributed by atoms with Crippen molar-refractivity contribution in [1.82, 2.24) is 0 Å². The molecule has 0 radical (unpaired) electrons. The summed E-state index contributed by atoms with van der Waals surface area (Å²) >= 11 is 0. The lowest BCUT2D eigenvalue weighted by atomic mass is 9.97. The van der Waals surface area contributed by atoms with Crippen molar-refractivity contribution in [2.45, 2.75) is 27.2 Å². The number of hydrogen-bond acceptors (Lipinski definition) is 1. The molecule has 0 bridgehead atoms. The molecule has 1 aromatic carbocycles. The van der Waals surface area contributed by atoms with E-state index in [9.17, 15) is 4.79 Å². The number of carbonyl (C=O) groups is 1. The van der Waals surface area contributed by atoms with Gasteiger partial charge < -0.3 is 0 Å². The fourth-order valence-corrected chi connectivity index (χ4v) is 1.34. The zero-order chi connectivity index (χ0) is 9.84. The molecule has 1 atom stereocenters. The second kappa shape index (κ2) is 4.22. The summed E-state index contributed by atoms with van der Waals surface area (Å²) < 4.78 is 0. The molecule has 0 aliphatic rings. The van der Waals surface area contributed by atoms with E-state index in [0.717, 1.165) is 6.42 Å². The maximum absolute atomic E-state index is 11.0. The molecule has 0 aliphatic heterocycles. The lowest BCUT2D eigenvalue weighted by Crippen LogP contribution is -2.09. The fraction of sp³-hybridized carbons (Fsp3) is 0.417. The molecule has 1 aromatic rings. The molecular formula is C12H16O. The summed E-state index contributed by atoms with van der Waals surface area (Å²) in [5.41, 5.74) is 2.51. The van der Waals surface area contributed by atoms with Crippen LogP contribution in [-0.4, -0.2) is 5.78 Å². The van der Waals surface area contributed by atoms with Gasteiger partial charge in [-0.15, -0.1) is 0 Å². The number of ketones is 1. The van der Waals surface area contributed by atoms with Crippen LogP contribution in [0.1, 0.15) is 25.0 Å². The highest BCUT2D eigenvalue weighted by Gasteiger charge is 2.07. The maximum atomic E-state index is 11.0. The normalized spacial score (nSPS) is 12.5. The van der Waals surface area contributed by atoms with Crippen molar-refractivity contribution in [1.29, 1.82) is 0 Å². The van der Waals surface area contributed by atoms with E-state index in [-0.39, 0.29) is 11.7 Å². The molecule has 0 N–H and O–H groups in total. The molecule has 0 saturated heterocycles. The highest BCUT2D eigenvalue weighted by atomic mass is 16.1. The van der Waals surface area contributed by atoms with Gasteiger partial charge in [0.2, 0.25) is 0 Å². The van der Waals surface area contributed by atoms with Gasteiger partial charge in [0.25, 0.3) is 0 Å². The Hall–Kier alpha value is -1.11. The molecule has 0 unspecified atom stereocenters. The quantitative estimate of drug-likeness (QED) is 0.692. The van der Waals surface area contributed by atoms with E-state index in [0.29, 0.717) is 0 Å². The molecule has 1 heteroatoms. The summed E-state index contributed by atoms with van der Waals surface area (Å²) in [5, 5.41) is 0. The number of hydrogen-bond donors (Lipinski definition) is 0. The molecule has 1 rings (SSSR count). The zero-order valence-corrected chi connectivity index (χ0v) is 8.50. The van der Waals surface area contributed by atoms with Crippen molar-refractivity contribution in [3.8, 4) is 0 Å². The first kappa shape index (κ1) is 9.97. The summed E-state index contributed by atoms with van der Waals surface area (Å²) in [6.45, 7) is 5.70. The van der Waals surface area contributed by atoms with Gasteiger partial charge in [-0.2, -0.15) is 0 Å². The van der Waals surface area contributed by atoms with Gasteiger partial charge in [0.15, 0.2) is 0 Å². The number of Topliss-reactive ketones (excluding diaryl/α,β-unsaturated/α-hetero) is 1. The summed E-state index contributed by atoms with van der Waals surface area (Å²) in [6, 6.07) is 8.32. The first-order valence-corrected chi connectivity index (χ1v) is 4.65. The van der Waals surface area contributed by atoms with Gasteiger partial charge in [-0.1, -0.05) is 36.8 Å². The Labute approximate surface area is 79.8 Å². The van der Waals surface area contributed by atoms with Gasteiger partial charge >= 0.3 is 0 Å². The molecule has 0 spiro atoms. The minimum atomic E-state index is 0.141. The minimum Gasteiger partial charge on any atom is -0.300 e. The molecule has 0 aliphatic carbocycles. The maximum Gasteiger partial charge on any atom is 0.132 e. The van der Waals surface area contributed by atoms with Gasteiger partial charge in [-0.25, -0.2) is 0 Å². The van der Waals surface area contributed by atoms with E-state index >= 15 is 0 Å². The number of rotatable bonds is 3. The Morgan fingerprint density at radius 1 is 1.46 bits per heavy atom. The molecule has 0 heterocycles. The minimum absolute atomic E-state index is 0.141. The Bertz CT molecular complexity index is 302. The molecule has 0 saturated carbocycles.